The van der Waals surface area contributed by atoms with Gasteiger partial charge in [0.2, 0.25) is 5.91 Å². The molecule has 1 heterocycles. The number of nitrogens with zero attached hydrogens (tertiary/aromatic N) is 1. The third-order valence-corrected chi connectivity index (χ3v) is 3.40. The third-order valence-electron chi connectivity index (χ3n) is 3.40. The summed E-state index contributed by atoms with van der Waals surface area (Å²) in [7, 11) is 0. The van der Waals surface area contributed by atoms with E-state index in [0.29, 0.717) is 17.9 Å². The van der Waals surface area contributed by atoms with Crippen molar-refractivity contribution in [3.05, 3.63) is 0 Å². The van der Waals surface area contributed by atoms with Gasteiger partial charge in [0, 0.05) is 31.6 Å². The van der Waals surface area contributed by atoms with Crippen LogP contribution in [0.1, 0.15) is 26.7 Å². The Balaban J connectivity index is 0.00000112. The monoisotopic (exact) mass is 232 g/mol. The van der Waals surface area contributed by atoms with E-state index < -0.39 is 0 Å². The van der Waals surface area contributed by atoms with Gasteiger partial charge in [-0.2, -0.15) is 0 Å². The van der Waals surface area contributed by atoms with Gasteiger partial charge in [0.15, 0.2) is 0 Å². The van der Waals surface area contributed by atoms with Gasteiger partial charge in [-0.25, -0.2) is 0 Å². The minimum Gasteiger partial charge on any atom is -0.340 e. The van der Waals surface area contributed by atoms with E-state index in [2.05, 4.69) is 19.2 Å². The van der Waals surface area contributed by atoms with Crippen molar-refractivity contribution in [2.75, 3.05) is 19.6 Å². The van der Waals surface area contributed by atoms with Gasteiger partial charge in [-0.05, 0) is 25.7 Å². The molecule has 15 heavy (non-hydrogen) atoms. The van der Waals surface area contributed by atoms with Crippen LogP contribution in [-0.4, -0.2) is 36.5 Å². The lowest BCUT2D eigenvalue weighted by Gasteiger charge is -2.39. The second-order valence-corrected chi connectivity index (χ2v) is 4.91. The maximum atomic E-state index is 12.0. The Hall–Kier alpha value is -0.280. The van der Waals surface area contributed by atoms with E-state index in [1.807, 2.05) is 4.90 Å². The van der Waals surface area contributed by atoms with E-state index in [9.17, 15) is 4.79 Å². The molecule has 1 amide bonds. The first-order valence-electron chi connectivity index (χ1n) is 5.69. The maximum Gasteiger partial charge on any atom is 0.225 e. The first kappa shape index (κ1) is 12.8. The number of rotatable bonds is 1. The molecule has 4 heteroatoms. The van der Waals surface area contributed by atoms with Crippen LogP contribution in [0.15, 0.2) is 0 Å². The number of amides is 1. The lowest BCUT2D eigenvalue weighted by atomic mass is 9.75. The molecule has 1 saturated carbocycles. The molecular weight excluding hydrogens is 212 g/mol. The second-order valence-electron chi connectivity index (χ2n) is 4.91. The molecule has 0 spiro atoms. The van der Waals surface area contributed by atoms with Crippen molar-refractivity contribution in [2.45, 2.75) is 32.7 Å². The van der Waals surface area contributed by atoms with Crippen LogP contribution in [0.5, 0.6) is 0 Å². The highest BCUT2D eigenvalue weighted by Crippen LogP contribution is 2.34. The molecule has 1 saturated heterocycles. The lowest BCUT2D eigenvalue weighted by Crippen LogP contribution is -2.54. The Kier molecular flexibility index (Phi) is 4.41. The average Bonchev–Trinajstić information content (AvgIpc) is 2.12. The summed E-state index contributed by atoms with van der Waals surface area (Å²) in [5.41, 5.74) is 0. The Morgan fingerprint density at radius 1 is 1.33 bits per heavy atom. The van der Waals surface area contributed by atoms with Gasteiger partial charge in [0.1, 0.15) is 0 Å². The van der Waals surface area contributed by atoms with Crippen molar-refractivity contribution < 1.29 is 4.79 Å². The largest absolute Gasteiger partial charge is 0.340 e. The van der Waals surface area contributed by atoms with E-state index in [-0.39, 0.29) is 12.4 Å². The van der Waals surface area contributed by atoms with Crippen LogP contribution in [0, 0.1) is 11.8 Å². The van der Waals surface area contributed by atoms with Crippen LogP contribution in [0.3, 0.4) is 0 Å². The predicted molar refractivity (Wildman–Crippen MR) is 63.2 cm³/mol. The Morgan fingerprint density at radius 2 is 2.00 bits per heavy atom. The summed E-state index contributed by atoms with van der Waals surface area (Å²) in [4.78, 5) is 14.0. The van der Waals surface area contributed by atoms with E-state index in [1.165, 1.54) is 0 Å². The van der Waals surface area contributed by atoms with Gasteiger partial charge in [0.25, 0.3) is 0 Å². The standard InChI is InChI=1S/C11H20N2O.ClH/c1-8-5-10(6-8)11(14)13-4-3-12-9(2)7-13;/h8-10,12H,3-7H2,1-2H3;1H/t8?,9-,10?;/m1./s1. The van der Waals surface area contributed by atoms with Gasteiger partial charge in [-0.3, -0.25) is 4.79 Å². The molecule has 2 fully saturated rings. The Morgan fingerprint density at radius 3 is 2.53 bits per heavy atom. The molecule has 0 aromatic rings. The lowest BCUT2D eigenvalue weighted by molar-refractivity contribution is -0.140. The molecule has 1 aliphatic carbocycles. The topological polar surface area (TPSA) is 32.3 Å². The predicted octanol–water partition coefficient (Wildman–Crippen LogP) is 1.27. The molecule has 0 aromatic carbocycles. The summed E-state index contributed by atoms with van der Waals surface area (Å²) in [6, 6.07) is 0.463. The van der Waals surface area contributed by atoms with Crippen LogP contribution in [-0.2, 0) is 4.79 Å². The summed E-state index contributed by atoms with van der Waals surface area (Å²) in [5.74, 6) is 1.51. The molecule has 1 N–H and O–H groups in total. The highest BCUT2D eigenvalue weighted by molar-refractivity contribution is 5.85. The molecule has 2 aliphatic rings. The summed E-state index contributed by atoms with van der Waals surface area (Å²) < 4.78 is 0. The zero-order valence-corrected chi connectivity index (χ0v) is 10.3. The molecule has 1 aliphatic heterocycles. The molecule has 0 aromatic heterocycles. The molecule has 0 bridgehead atoms. The summed E-state index contributed by atoms with van der Waals surface area (Å²) in [6.45, 7) is 7.11. The van der Waals surface area contributed by atoms with Gasteiger partial charge >= 0.3 is 0 Å². The molecule has 0 radical (unpaired) electrons. The Bertz CT molecular complexity index is 229. The minimum atomic E-state index is 0. The Labute approximate surface area is 98.0 Å². The van der Waals surface area contributed by atoms with Crippen molar-refractivity contribution >= 4 is 18.3 Å². The fourth-order valence-corrected chi connectivity index (χ4v) is 2.49. The summed E-state index contributed by atoms with van der Waals surface area (Å²) in [6.07, 6.45) is 2.22. The number of carbonyl (C=O) groups is 1. The highest BCUT2D eigenvalue weighted by atomic mass is 35.5. The number of hydrogen-bond acceptors (Lipinski definition) is 2. The average molecular weight is 233 g/mol. The van der Waals surface area contributed by atoms with Crippen molar-refractivity contribution in [3.63, 3.8) is 0 Å². The van der Waals surface area contributed by atoms with Gasteiger partial charge in [-0.1, -0.05) is 6.92 Å². The number of halogens is 1. The fourth-order valence-electron chi connectivity index (χ4n) is 2.49. The van der Waals surface area contributed by atoms with Crippen LogP contribution >= 0.6 is 12.4 Å². The molecule has 0 unspecified atom stereocenters. The van der Waals surface area contributed by atoms with E-state index in [4.69, 9.17) is 0 Å². The van der Waals surface area contributed by atoms with E-state index in [1.54, 1.807) is 0 Å². The normalized spacial score (nSPS) is 35.3. The number of hydrogen-bond donors (Lipinski definition) is 1. The zero-order valence-electron chi connectivity index (χ0n) is 9.53. The molecule has 88 valence electrons. The zero-order chi connectivity index (χ0) is 10.1. The number of piperazine rings is 1. The van der Waals surface area contributed by atoms with Gasteiger partial charge in [-0.15, -0.1) is 12.4 Å². The van der Waals surface area contributed by atoms with Gasteiger partial charge < -0.3 is 10.2 Å². The maximum absolute atomic E-state index is 12.0. The van der Waals surface area contributed by atoms with Crippen molar-refractivity contribution in [1.82, 2.24) is 10.2 Å². The van der Waals surface area contributed by atoms with Crippen molar-refractivity contribution in [3.8, 4) is 0 Å². The molecular formula is C11H21ClN2O. The van der Waals surface area contributed by atoms with E-state index in [0.717, 1.165) is 38.4 Å². The number of carbonyl (C=O) groups excluding carboxylic acids is 1. The summed E-state index contributed by atoms with van der Waals surface area (Å²) >= 11 is 0. The van der Waals surface area contributed by atoms with Gasteiger partial charge in [0.05, 0.1) is 0 Å². The first-order chi connectivity index (χ1) is 6.66. The van der Waals surface area contributed by atoms with Crippen LogP contribution < -0.4 is 5.32 Å². The third kappa shape index (κ3) is 2.85. The molecule has 3 nitrogen and oxygen atoms in total. The smallest absolute Gasteiger partial charge is 0.225 e. The molecule has 1 atom stereocenters. The summed E-state index contributed by atoms with van der Waals surface area (Å²) in [5, 5.41) is 3.36. The first-order valence-corrected chi connectivity index (χ1v) is 5.69. The fraction of sp³-hybridized carbons (Fsp3) is 0.909. The van der Waals surface area contributed by atoms with Crippen LogP contribution in [0.2, 0.25) is 0 Å². The highest BCUT2D eigenvalue weighted by Gasteiger charge is 2.35. The van der Waals surface area contributed by atoms with Crippen LogP contribution in [0.4, 0.5) is 0 Å². The van der Waals surface area contributed by atoms with Crippen molar-refractivity contribution in [2.24, 2.45) is 11.8 Å². The molecule has 2 rings (SSSR count). The van der Waals surface area contributed by atoms with E-state index >= 15 is 0 Å². The minimum absolute atomic E-state index is 0. The van der Waals surface area contributed by atoms with Crippen molar-refractivity contribution in [1.29, 1.82) is 0 Å². The van der Waals surface area contributed by atoms with Crippen LogP contribution in [0.25, 0.3) is 0 Å². The quantitative estimate of drug-likeness (QED) is 0.739. The SMILES string of the molecule is CC1CC(C(=O)N2CCN[C@H](C)C2)C1.Cl. The second kappa shape index (κ2) is 5.17. The number of nitrogens with one attached hydrogen (secondary N) is 1.